The van der Waals surface area contributed by atoms with Crippen LogP contribution in [0.2, 0.25) is 10.0 Å². The lowest BCUT2D eigenvalue weighted by Gasteiger charge is -2.08. The first-order chi connectivity index (χ1) is 9.49. The summed E-state index contributed by atoms with van der Waals surface area (Å²) in [5, 5.41) is 0.783. The lowest BCUT2D eigenvalue weighted by Crippen LogP contribution is -2.29. The van der Waals surface area contributed by atoms with E-state index in [1.807, 2.05) is 0 Å². The van der Waals surface area contributed by atoms with Crippen LogP contribution in [0.25, 0.3) is 0 Å². The van der Waals surface area contributed by atoms with Gasteiger partial charge in [-0.05, 0) is 18.2 Å². The Morgan fingerprint density at radius 2 is 2.05 bits per heavy atom. The van der Waals surface area contributed by atoms with Crippen LogP contribution in [0.1, 0.15) is 0 Å². The number of esters is 1. The predicted octanol–water partition coefficient (Wildman–Crippen LogP) is 2.70. The fraction of sp³-hybridized carbons (Fsp3) is 0.308. The van der Waals surface area contributed by atoms with E-state index in [1.165, 1.54) is 26.5 Å². The van der Waals surface area contributed by atoms with Crippen LogP contribution < -0.4 is 0 Å². The number of rotatable bonds is 6. The third-order valence-corrected chi connectivity index (χ3v) is 2.90. The van der Waals surface area contributed by atoms with E-state index in [0.29, 0.717) is 15.7 Å². The number of carbonyl (C=O) groups excluding carboxylic acids is 2. The molecular formula is C13H13Cl2NO4. The molecule has 108 valence electrons. The summed E-state index contributed by atoms with van der Waals surface area (Å²) in [6.07, 6.45) is 1.18. The van der Waals surface area contributed by atoms with Crippen molar-refractivity contribution in [2.24, 2.45) is 10.9 Å². The number of benzene rings is 1. The van der Waals surface area contributed by atoms with Crippen LogP contribution in [-0.2, 0) is 19.1 Å². The number of Topliss-reactive ketones (excluding diaryl/α,β-unsaturated/α-hetero) is 1. The SMILES string of the molecule is COCC(=O)[C@H](C=Nc1ccc(Cl)cc1Cl)C(=O)OC. The minimum atomic E-state index is -1.13. The van der Waals surface area contributed by atoms with Gasteiger partial charge in [-0.1, -0.05) is 23.2 Å². The lowest BCUT2D eigenvalue weighted by molar-refractivity contribution is -0.147. The first-order valence-electron chi connectivity index (χ1n) is 5.58. The third kappa shape index (κ3) is 4.59. The molecule has 0 N–H and O–H groups in total. The fourth-order valence-electron chi connectivity index (χ4n) is 1.38. The fourth-order valence-corrected chi connectivity index (χ4v) is 1.83. The Hall–Kier alpha value is -1.43. The van der Waals surface area contributed by atoms with E-state index >= 15 is 0 Å². The Morgan fingerprint density at radius 1 is 1.35 bits per heavy atom. The molecule has 20 heavy (non-hydrogen) atoms. The van der Waals surface area contributed by atoms with Crippen LogP contribution in [0.5, 0.6) is 0 Å². The van der Waals surface area contributed by atoms with Crippen molar-refractivity contribution in [2.75, 3.05) is 20.8 Å². The maximum Gasteiger partial charge on any atom is 0.321 e. The Balaban J connectivity index is 2.96. The summed E-state index contributed by atoms with van der Waals surface area (Å²) in [4.78, 5) is 27.3. The van der Waals surface area contributed by atoms with Crippen molar-refractivity contribution in [1.82, 2.24) is 0 Å². The normalized spacial score (nSPS) is 12.4. The van der Waals surface area contributed by atoms with Gasteiger partial charge in [-0.25, -0.2) is 0 Å². The second-order valence-electron chi connectivity index (χ2n) is 3.77. The predicted molar refractivity (Wildman–Crippen MR) is 77.0 cm³/mol. The number of ketones is 1. The van der Waals surface area contributed by atoms with Gasteiger partial charge >= 0.3 is 5.97 Å². The molecule has 0 radical (unpaired) electrons. The highest BCUT2D eigenvalue weighted by atomic mass is 35.5. The molecule has 0 unspecified atom stereocenters. The van der Waals surface area contributed by atoms with Crippen molar-refractivity contribution in [3.63, 3.8) is 0 Å². The number of methoxy groups -OCH3 is 2. The molecule has 1 aromatic carbocycles. The first kappa shape index (κ1) is 16.6. The van der Waals surface area contributed by atoms with Gasteiger partial charge in [0.2, 0.25) is 0 Å². The third-order valence-electron chi connectivity index (χ3n) is 2.36. The van der Waals surface area contributed by atoms with Gasteiger partial charge in [0.25, 0.3) is 0 Å². The average Bonchev–Trinajstić information content (AvgIpc) is 2.41. The summed E-state index contributed by atoms with van der Waals surface area (Å²) < 4.78 is 9.27. The number of aliphatic imine (C=N–C) groups is 1. The van der Waals surface area contributed by atoms with E-state index in [4.69, 9.17) is 27.9 Å². The van der Waals surface area contributed by atoms with Crippen LogP contribution in [0, 0.1) is 5.92 Å². The standard InChI is InChI=1S/C13H13Cl2NO4/c1-19-7-12(17)9(13(18)20-2)6-16-11-4-3-8(14)5-10(11)15/h3-6,9H,7H2,1-2H3/t9-/m0/s1. The van der Waals surface area contributed by atoms with Gasteiger partial charge in [0.05, 0.1) is 17.8 Å². The molecule has 0 aliphatic rings. The van der Waals surface area contributed by atoms with Gasteiger partial charge in [0.15, 0.2) is 11.7 Å². The highest BCUT2D eigenvalue weighted by Gasteiger charge is 2.25. The molecule has 0 saturated carbocycles. The summed E-state index contributed by atoms with van der Waals surface area (Å²) in [7, 11) is 2.55. The molecule has 0 amide bonds. The number of halogens is 2. The van der Waals surface area contributed by atoms with E-state index < -0.39 is 17.7 Å². The molecule has 0 spiro atoms. The lowest BCUT2D eigenvalue weighted by atomic mass is 10.1. The summed E-state index contributed by atoms with van der Waals surface area (Å²) in [5.41, 5.74) is 0.398. The minimum absolute atomic E-state index is 0.208. The van der Waals surface area contributed by atoms with Crippen molar-refractivity contribution in [1.29, 1.82) is 0 Å². The average molecular weight is 318 g/mol. The molecule has 0 bridgehead atoms. The van der Waals surface area contributed by atoms with Crippen molar-refractivity contribution >= 4 is 46.9 Å². The number of hydrogen-bond acceptors (Lipinski definition) is 5. The van der Waals surface area contributed by atoms with Gasteiger partial charge in [-0.15, -0.1) is 0 Å². The number of ether oxygens (including phenoxy) is 2. The Bertz CT molecular complexity index is 531. The van der Waals surface area contributed by atoms with Crippen molar-refractivity contribution < 1.29 is 19.1 Å². The molecule has 0 fully saturated rings. The maximum absolute atomic E-state index is 11.7. The summed E-state index contributed by atoms with van der Waals surface area (Å²) >= 11 is 11.7. The second-order valence-corrected chi connectivity index (χ2v) is 4.62. The molecule has 1 aromatic rings. The summed E-state index contributed by atoms with van der Waals surface area (Å²) in [6.45, 7) is -0.208. The van der Waals surface area contributed by atoms with Crippen LogP contribution >= 0.6 is 23.2 Å². The molecule has 0 heterocycles. The molecular weight excluding hydrogens is 305 g/mol. The number of hydrogen-bond donors (Lipinski definition) is 0. The van der Waals surface area contributed by atoms with Gasteiger partial charge in [0.1, 0.15) is 6.61 Å². The maximum atomic E-state index is 11.7. The molecule has 0 aliphatic carbocycles. The zero-order valence-corrected chi connectivity index (χ0v) is 12.4. The molecule has 0 saturated heterocycles. The van der Waals surface area contributed by atoms with E-state index in [2.05, 4.69) is 9.73 Å². The molecule has 0 aliphatic heterocycles. The zero-order chi connectivity index (χ0) is 15.1. The largest absolute Gasteiger partial charge is 0.468 e. The quantitative estimate of drug-likeness (QED) is 0.459. The van der Waals surface area contributed by atoms with Crippen molar-refractivity contribution in [2.45, 2.75) is 0 Å². The van der Waals surface area contributed by atoms with Crippen LogP contribution in [0.3, 0.4) is 0 Å². The van der Waals surface area contributed by atoms with E-state index in [1.54, 1.807) is 12.1 Å². The van der Waals surface area contributed by atoms with E-state index in [9.17, 15) is 9.59 Å². The Morgan fingerprint density at radius 3 is 2.60 bits per heavy atom. The van der Waals surface area contributed by atoms with E-state index in [-0.39, 0.29) is 6.61 Å². The van der Waals surface area contributed by atoms with Gasteiger partial charge in [0, 0.05) is 18.3 Å². The summed E-state index contributed by atoms with van der Waals surface area (Å²) in [6, 6.07) is 4.69. The first-order valence-corrected chi connectivity index (χ1v) is 6.34. The highest BCUT2D eigenvalue weighted by molar-refractivity contribution is 6.36. The second kappa shape index (κ2) is 7.99. The van der Waals surface area contributed by atoms with Crippen LogP contribution in [0.4, 0.5) is 5.69 Å². The molecule has 7 heteroatoms. The van der Waals surface area contributed by atoms with E-state index in [0.717, 1.165) is 0 Å². The van der Waals surface area contributed by atoms with Crippen molar-refractivity contribution in [3.05, 3.63) is 28.2 Å². The van der Waals surface area contributed by atoms with Gasteiger partial charge in [-0.2, -0.15) is 0 Å². The topological polar surface area (TPSA) is 65.0 Å². The Labute approximate surface area is 126 Å². The molecule has 0 aromatic heterocycles. The van der Waals surface area contributed by atoms with Crippen LogP contribution in [-0.4, -0.2) is 38.8 Å². The Kier molecular flexibility index (Phi) is 6.64. The minimum Gasteiger partial charge on any atom is -0.468 e. The zero-order valence-electron chi connectivity index (χ0n) is 10.9. The van der Waals surface area contributed by atoms with Crippen molar-refractivity contribution in [3.8, 4) is 0 Å². The molecule has 1 atom stereocenters. The highest BCUT2D eigenvalue weighted by Crippen LogP contribution is 2.27. The smallest absolute Gasteiger partial charge is 0.321 e. The summed E-state index contributed by atoms with van der Waals surface area (Å²) in [5.74, 6) is -2.29. The molecule has 1 rings (SSSR count). The monoisotopic (exact) mass is 317 g/mol. The molecule has 5 nitrogen and oxygen atoms in total. The number of nitrogens with zero attached hydrogens (tertiary/aromatic N) is 1. The number of carbonyl (C=O) groups is 2. The van der Waals surface area contributed by atoms with Gasteiger partial charge in [-0.3, -0.25) is 14.6 Å². The van der Waals surface area contributed by atoms with Gasteiger partial charge < -0.3 is 9.47 Å². The van der Waals surface area contributed by atoms with Crippen LogP contribution in [0.15, 0.2) is 23.2 Å².